The summed E-state index contributed by atoms with van der Waals surface area (Å²) in [5.74, 6) is -0.833. The smallest absolute Gasteiger partial charge is 0.329 e. The molecule has 0 bridgehead atoms. The van der Waals surface area contributed by atoms with Gasteiger partial charge in [-0.3, -0.25) is 0 Å². The molecule has 0 saturated carbocycles. The summed E-state index contributed by atoms with van der Waals surface area (Å²) >= 11 is 0. The standard InChI is InChI=1S/C26H30N2O2/c1-26(25(29)30,19-11-12-20-27)28(23-17-9-4-10-18-23)24(21-13-5-2-6-14-21)22-15-7-3-8-16-22/h2-10,13-18,24H,11-12,19-20,27H2,1H3,(H,29,30)/t26-/m0/s1. The van der Waals surface area contributed by atoms with Gasteiger partial charge in [-0.15, -0.1) is 0 Å². The van der Waals surface area contributed by atoms with Crippen LogP contribution in [0.4, 0.5) is 5.69 Å². The van der Waals surface area contributed by atoms with Crippen LogP contribution >= 0.6 is 0 Å². The first-order valence-electron chi connectivity index (χ1n) is 10.5. The molecule has 0 spiro atoms. The van der Waals surface area contributed by atoms with Crippen molar-refractivity contribution in [2.24, 2.45) is 5.73 Å². The van der Waals surface area contributed by atoms with E-state index in [2.05, 4.69) is 29.2 Å². The second-order valence-electron chi connectivity index (χ2n) is 7.75. The van der Waals surface area contributed by atoms with Crippen molar-refractivity contribution in [3.63, 3.8) is 0 Å². The second-order valence-corrected chi connectivity index (χ2v) is 7.75. The third kappa shape index (κ3) is 4.71. The van der Waals surface area contributed by atoms with Gasteiger partial charge in [0.15, 0.2) is 0 Å². The van der Waals surface area contributed by atoms with Gasteiger partial charge in [-0.2, -0.15) is 0 Å². The third-order valence-electron chi connectivity index (χ3n) is 5.63. The van der Waals surface area contributed by atoms with Crippen LogP contribution in [0.2, 0.25) is 0 Å². The van der Waals surface area contributed by atoms with Crippen LogP contribution in [0.3, 0.4) is 0 Å². The molecule has 156 valence electrons. The number of nitrogens with two attached hydrogens (primary N) is 1. The lowest BCUT2D eigenvalue weighted by atomic mass is 9.86. The number of benzene rings is 3. The van der Waals surface area contributed by atoms with Crippen molar-refractivity contribution in [2.45, 2.75) is 37.8 Å². The molecule has 0 aliphatic rings. The highest BCUT2D eigenvalue weighted by Crippen LogP contribution is 2.40. The molecule has 3 aromatic rings. The van der Waals surface area contributed by atoms with Gasteiger partial charge >= 0.3 is 5.97 Å². The summed E-state index contributed by atoms with van der Waals surface area (Å²) in [6.07, 6.45) is 2.05. The molecule has 30 heavy (non-hydrogen) atoms. The monoisotopic (exact) mass is 402 g/mol. The first kappa shape index (κ1) is 21.6. The van der Waals surface area contributed by atoms with Crippen LogP contribution in [0.5, 0.6) is 0 Å². The molecule has 1 atom stereocenters. The number of aliphatic carboxylic acids is 1. The van der Waals surface area contributed by atoms with E-state index in [4.69, 9.17) is 5.73 Å². The molecule has 0 aromatic heterocycles. The number of anilines is 1. The van der Waals surface area contributed by atoms with E-state index in [0.717, 1.165) is 29.7 Å². The summed E-state index contributed by atoms with van der Waals surface area (Å²) in [7, 11) is 0. The highest BCUT2D eigenvalue weighted by atomic mass is 16.4. The Morgan fingerprint density at radius 3 is 1.77 bits per heavy atom. The largest absolute Gasteiger partial charge is 0.480 e. The first-order chi connectivity index (χ1) is 14.6. The van der Waals surface area contributed by atoms with E-state index < -0.39 is 11.5 Å². The predicted molar refractivity (Wildman–Crippen MR) is 123 cm³/mol. The Balaban J connectivity index is 2.21. The van der Waals surface area contributed by atoms with Gasteiger partial charge in [-0.1, -0.05) is 78.9 Å². The number of carboxylic acid groups (broad SMARTS) is 1. The lowest BCUT2D eigenvalue weighted by Gasteiger charge is -2.45. The Labute approximate surface area is 179 Å². The first-order valence-corrected chi connectivity index (χ1v) is 10.5. The maximum absolute atomic E-state index is 12.7. The molecule has 0 aliphatic heterocycles. The molecule has 0 amide bonds. The number of nitrogens with zero attached hydrogens (tertiary/aromatic N) is 1. The van der Waals surface area contributed by atoms with Gasteiger partial charge in [0, 0.05) is 5.69 Å². The van der Waals surface area contributed by atoms with Crippen molar-refractivity contribution < 1.29 is 9.90 Å². The van der Waals surface area contributed by atoms with Crippen molar-refractivity contribution in [3.8, 4) is 0 Å². The number of carbonyl (C=O) groups is 1. The lowest BCUT2D eigenvalue weighted by molar-refractivity contribution is -0.143. The molecular formula is C26H30N2O2. The quantitative estimate of drug-likeness (QED) is 0.454. The van der Waals surface area contributed by atoms with Crippen molar-refractivity contribution in [3.05, 3.63) is 102 Å². The molecule has 0 saturated heterocycles. The highest BCUT2D eigenvalue weighted by Gasteiger charge is 2.43. The van der Waals surface area contributed by atoms with Gasteiger partial charge in [0.2, 0.25) is 0 Å². The molecule has 0 heterocycles. The van der Waals surface area contributed by atoms with E-state index in [-0.39, 0.29) is 6.04 Å². The molecular weight excluding hydrogens is 372 g/mol. The van der Waals surface area contributed by atoms with Crippen LogP contribution < -0.4 is 10.6 Å². The molecule has 4 nitrogen and oxygen atoms in total. The molecule has 0 unspecified atom stereocenters. The summed E-state index contributed by atoms with van der Waals surface area (Å²) < 4.78 is 0. The fourth-order valence-corrected chi connectivity index (χ4v) is 4.01. The molecule has 0 aliphatic carbocycles. The second kappa shape index (κ2) is 10.1. The molecule has 3 N–H and O–H groups in total. The van der Waals surface area contributed by atoms with Gasteiger partial charge in [-0.25, -0.2) is 4.79 Å². The number of unbranched alkanes of at least 4 members (excludes halogenated alkanes) is 1. The van der Waals surface area contributed by atoms with E-state index >= 15 is 0 Å². The summed E-state index contributed by atoms with van der Waals surface area (Å²) in [6.45, 7) is 2.39. The van der Waals surface area contributed by atoms with E-state index in [1.54, 1.807) is 0 Å². The minimum Gasteiger partial charge on any atom is -0.480 e. The number of hydrogen-bond donors (Lipinski definition) is 2. The normalized spacial score (nSPS) is 13.0. The Morgan fingerprint density at radius 2 is 1.33 bits per heavy atom. The lowest BCUT2D eigenvalue weighted by Crippen LogP contribution is -2.54. The SMILES string of the molecule is C[C@](CCCCN)(C(=O)O)N(c1ccccc1)C(c1ccccc1)c1ccccc1. The maximum atomic E-state index is 12.7. The van der Waals surface area contributed by atoms with Crippen LogP contribution in [0.25, 0.3) is 0 Å². The zero-order valence-electron chi connectivity index (χ0n) is 17.4. The van der Waals surface area contributed by atoms with Crippen LogP contribution in [0.1, 0.15) is 43.4 Å². The Hall–Kier alpha value is -3.11. The van der Waals surface area contributed by atoms with Gasteiger partial charge in [0.05, 0.1) is 6.04 Å². The number of rotatable bonds is 10. The molecule has 3 rings (SSSR count). The van der Waals surface area contributed by atoms with E-state index in [1.165, 1.54) is 0 Å². The average molecular weight is 403 g/mol. The number of para-hydroxylation sites is 1. The van der Waals surface area contributed by atoms with Crippen LogP contribution in [-0.2, 0) is 4.79 Å². The van der Waals surface area contributed by atoms with Crippen LogP contribution in [-0.4, -0.2) is 23.2 Å². The van der Waals surface area contributed by atoms with Crippen LogP contribution in [0, 0.1) is 0 Å². The highest BCUT2D eigenvalue weighted by molar-refractivity contribution is 5.84. The van der Waals surface area contributed by atoms with Gasteiger partial charge in [0.1, 0.15) is 5.54 Å². The van der Waals surface area contributed by atoms with E-state index in [0.29, 0.717) is 13.0 Å². The minimum atomic E-state index is -1.10. The topological polar surface area (TPSA) is 66.6 Å². The van der Waals surface area contributed by atoms with Gasteiger partial charge in [-0.05, 0) is 56.0 Å². The summed E-state index contributed by atoms with van der Waals surface area (Å²) in [5, 5.41) is 10.4. The molecule has 0 fully saturated rings. The minimum absolute atomic E-state index is 0.242. The third-order valence-corrected chi connectivity index (χ3v) is 5.63. The number of hydrogen-bond acceptors (Lipinski definition) is 3. The average Bonchev–Trinajstić information content (AvgIpc) is 2.79. The maximum Gasteiger partial charge on any atom is 0.329 e. The fourth-order valence-electron chi connectivity index (χ4n) is 4.01. The van der Waals surface area contributed by atoms with Crippen LogP contribution in [0.15, 0.2) is 91.0 Å². The van der Waals surface area contributed by atoms with Crippen molar-refractivity contribution in [1.29, 1.82) is 0 Å². The zero-order chi connectivity index (χ0) is 21.4. The Kier molecular flexibility index (Phi) is 7.26. The summed E-state index contributed by atoms with van der Waals surface area (Å²) in [5.41, 5.74) is 7.59. The van der Waals surface area contributed by atoms with Gasteiger partial charge < -0.3 is 15.7 Å². The predicted octanol–water partition coefficient (Wildman–Crippen LogP) is 5.25. The number of carboxylic acids is 1. The fraction of sp³-hybridized carbons (Fsp3) is 0.269. The zero-order valence-corrected chi connectivity index (χ0v) is 17.4. The van der Waals surface area contributed by atoms with Crippen molar-refractivity contribution in [1.82, 2.24) is 0 Å². The molecule has 0 radical (unpaired) electrons. The molecule has 3 aromatic carbocycles. The van der Waals surface area contributed by atoms with Crippen molar-refractivity contribution in [2.75, 3.05) is 11.4 Å². The summed E-state index contributed by atoms with van der Waals surface area (Å²) in [6, 6.07) is 29.8. The molecule has 4 heteroatoms. The summed E-state index contributed by atoms with van der Waals surface area (Å²) in [4.78, 5) is 14.8. The van der Waals surface area contributed by atoms with E-state index in [9.17, 15) is 9.90 Å². The Morgan fingerprint density at radius 1 is 0.867 bits per heavy atom. The van der Waals surface area contributed by atoms with Gasteiger partial charge in [0.25, 0.3) is 0 Å². The van der Waals surface area contributed by atoms with E-state index in [1.807, 2.05) is 73.7 Å². The van der Waals surface area contributed by atoms with Crippen molar-refractivity contribution >= 4 is 11.7 Å². The Bertz CT molecular complexity index is 876.